The molecule has 4 aromatic rings. The number of rotatable bonds is 4. The third-order valence-corrected chi connectivity index (χ3v) is 5.63. The smallest absolute Gasteiger partial charge is 0.378 e. The highest BCUT2D eigenvalue weighted by atomic mass is 16.5. The van der Waals surface area contributed by atoms with Crippen LogP contribution in [0.1, 0.15) is 11.4 Å². The molecular weight excluding hydrogens is 406 g/mol. The lowest BCUT2D eigenvalue weighted by molar-refractivity contribution is -0.351. The topological polar surface area (TPSA) is 114 Å². The Bertz CT molecular complexity index is 1320. The van der Waals surface area contributed by atoms with Crippen LogP contribution < -0.4 is 21.7 Å². The standard InChI is InChI=1S/C23H25N7O2/c1-14-10-17(11-15(2)26-14)19-20(16-6-4-3-5-7-16)27-22(24)30-21(19)28-29(23(30)31)12-18-13-32-9-8-25-18/h3-7,10-11,18,25H,8-9,12-13H2,1-2H3,(H2,24,27)/p+1/t18-/m0/s1. The zero-order valence-electron chi connectivity index (χ0n) is 18.1. The molecule has 4 heterocycles. The summed E-state index contributed by atoms with van der Waals surface area (Å²) in [5.41, 5.74) is 11.8. The molecule has 1 aromatic carbocycles. The maximum absolute atomic E-state index is 13.3. The molecule has 0 radical (unpaired) electrons. The normalized spacial score (nSPS) is 16.5. The van der Waals surface area contributed by atoms with E-state index in [0.29, 0.717) is 25.4 Å². The first-order valence-corrected chi connectivity index (χ1v) is 10.7. The van der Waals surface area contributed by atoms with E-state index in [9.17, 15) is 4.79 Å². The minimum atomic E-state index is -0.288. The largest absolute Gasteiger partial charge is 0.411 e. The van der Waals surface area contributed by atoms with Crippen LogP contribution in [0.15, 0.2) is 47.3 Å². The number of nitrogens with zero attached hydrogens (tertiary/aromatic N) is 4. The van der Waals surface area contributed by atoms with Gasteiger partial charge in [0.05, 0.1) is 31.4 Å². The van der Waals surface area contributed by atoms with Crippen molar-refractivity contribution in [2.75, 3.05) is 25.5 Å². The van der Waals surface area contributed by atoms with Crippen LogP contribution >= 0.6 is 0 Å². The predicted molar refractivity (Wildman–Crippen MR) is 121 cm³/mol. The number of aromatic nitrogens is 5. The number of fused-ring (bicyclic) bond motifs is 1. The van der Waals surface area contributed by atoms with Gasteiger partial charge < -0.3 is 10.1 Å². The molecule has 164 valence electrons. The first-order chi connectivity index (χ1) is 15.5. The van der Waals surface area contributed by atoms with Crippen LogP contribution in [0.3, 0.4) is 0 Å². The molecule has 32 heavy (non-hydrogen) atoms. The Kier molecular flexibility index (Phi) is 5.20. The Morgan fingerprint density at radius 2 is 1.94 bits per heavy atom. The van der Waals surface area contributed by atoms with Crippen LogP contribution in [0.5, 0.6) is 0 Å². The van der Waals surface area contributed by atoms with Gasteiger partial charge in [0, 0.05) is 23.5 Å². The summed E-state index contributed by atoms with van der Waals surface area (Å²) in [7, 11) is 0. The maximum Gasteiger partial charge on any atom is 0.411 e. The zero-order valence-corrected chi connectivity index (χ0v) is 18.1. The molecule has 0 aliphatic carbocycles. The van der Waals surface area contributed by atoms with Crippen LogP contribution in [0.25, 0.3) is 28.0 Å². The van der Waals surface area contributed by atoms with Crippen molar-refractivity contribution in [1.82, 2.24) is 24.5 Å². The van der Waals surface area contributed by atoms with Crippen molar-refractivity contribution in [3.05, 3.63) is 64.3 Å². The number of benzene rings is 1. The van der Waals surface area contributed by atoms with Gasteiger partial charge in [-0.1, -0.05) is 30.3 Å². The Morgan fingerprint density at radius 1 is 1.19 bits per heavy atom. The van der Waals surface area contributed by atoms with Gasteiger partial charge in [-0.3, -0.25) is 10.7 Å². The Hall–Kier alpha value is -3.56. The minimum Gasteiger partial charge on any atom is -0.378 e. The molecule has 3 aromatic heterocycles. The van der Waals surface area contributed by atoms with Gasteiger partial charge in [-0.15, -0.1) is 9.50 Å². The number of ether oxygens (including phenoxy) is 1. The lowest BCUT2D eigenvalue weighted by Gasteiger charge is -2.22. The molecule has 4 N–H and O–H groups in total. The molecule has 1 atom stereocenters. The van der Waals surface area contributed by atoms with E-state index in [1.807, 2.05) is 56.3 Å². The van der Waals surface area contributed by atoms with Crippen molar-refractivity contribution in [3.8, 4) is 22.4 Å². The van der Waals surface area contributed by atoms with Crippen LogP contribution in [0.2, 0.25) is 0 Å². The molecule has 9 heteroatoms. The molecule has 0 bridgehead atoms. The Balaban J connectivity index is 1.77. The van der Waals surface area contributed by atoms with Crippen LogP contribution in [0, 0.1) is 13.8 Å². The summed E-state index contributed by atoms with van der Waals surface area (Å²) in [4.78, 5) is 21.0. The number of nitrogens with one attached hydrogen (secondary N) is 2. The van der Waals surface area contributed by atoms with E-state index in [1.165, 1.54) is 9.08 Å². The van der Waals surface area contributed by atoms with Gasteiger partial charge >= 0.3 is 11.6 Å². The molecule has 0 saturated carbocycles. The van der Waals surface area contributed by atoms with Gasteiger partial charge in [0.2, 0.25) is 5.65 Å². The average Bonchev–Trinajstić information content (AvgIpc) is 3.10. The highest BCUT2D eigenvalue weighted by Crippen LogP contribution is 2.32. The second-order valence-electron chi connectivity index (χ2n) is 8.11. The van der Waals surface area contributed by atoms with Gasteiger partial charge in [-0.2, -0.15) is 4.68 Å². The lowest BCUT2D eigenvalue weighted by atomic mass is 9.99. The Morgan fingerprint density at radius 3 is 2.62 bits per heavy atom. The minimum absolute atomic E-state index is 0.0130. The van der Waals surface area contributed by atoms with Crippen molar-refractivity contribution >= 4 is 11.6 Å². The fourth-order valence-corrected chi connectivity index (χ4v) is 4.28. The van der Waals surface area contributed by atoms with E-state index in [4.69, 9.17) is 15.6 Å². The van der Waals surface area contributed by atoms with Crippen molar-refractivity contribution in [1.29, 1.82) is 0 Å². The van der Waals surface area contributed by atoms with Crippen LogP contribution in [-0.2, 0) is 11.3 Å². The number of hydrogen-bond acceptors (Lipinski definition) is 6. The molecule has 1 fully saturated rings. The van der Waals surface area contributed by atoms with Crippen LogP contribution in [-0.4, -0.2) is 45.0 Å². The summed E-state index contributed by atoms with van der Waals surface area (Å²) < 4.78 is 8.44. The lowest BCUT2D eigenvalue weighted by Crippen LogP contribution is -2.45. The average molecular weight is 433 g/mol. The summed E-state index contributed by atoms with van der Waals surface area (Å²) in [6, 6.07) is 13.9. The third kappa shape index (κ3) is 3.65. The Labute approximate surface area is 184 Å². The van der Waals surface area contributed by atoms with Gasteiger partial charge in [0.15, 0.2) is 0 Å². The molecular formula is C23H26N7O2+. The van der Waals surface area contributed by atoms with Crippen molar-refractivity contribution in [2.24, 2.45) is 0 Å². The van der Waals surface area contributed by atoms with Crippen molar-refractivity contribution in [3.63, 3.8) is 0 Å². The fourth-order valence-electron chi connectivity index (χ4n) is 4.28. The van der Waals surface area contributed by atoms with E-state index < -0.39 is 0 Å². The number of anilines is 1. The summed E-state index contributed by atoms with van der Waals surface area (Å²) in [6.45, 7) is 6.26. The SMILES string of the molecule is Cc1cc(-c2c(-c3ccccc3)[nH+]c(N)n3c(=O)n(C[C@H]4COCCN4)nc23)cc(C)n1. The van der Waals surface area contributed by atoms with Crippen molar-refractivity contribution in [2.45, 2.75) is 26.4 Å². The first-order valence-electron chi connectivity index (χ1n) is 10.7. The number of pyridine rings is 1. The molecule has 9 nitrogen and oxygen atoms in total. The predicted octanol–water partition coefficient (Wildman–Crippen LogP) is 1.23. The highest BCUT2D eigenvalue weighted by molar-refractivity contribution is 5.88. The van der Waals surface area contributed by atoms with E-state index >= 15 is 0 Å². The molecule has 5 rings (SSSR count). The monoisotopic (exact) mass is 432 g/mol. The van der Waals surface area contributed by atoms with E-state index in [2.05, 4.69) is 15.3 Å². The van der Waals surface area contributed by atoms with E-state index in [1.54, 1.807) is 0 Å². The zero-order chi connectivity index (χ0) is 22.2. The molecule has 0 unspecified atom stereocenters. The molecule has 1 aliphatic heterocycles. The summed E-state index contributed by atoms with van der Waals surface area (Å²) in [6.07, 6.45) is 0. The van der Waals surface area contributed by atoms with Crippen LogP contribution in [0.4, 0.5) is 5.95 Å². The number of H-pyrrole nitrogens is 1. The third-order valence-electron chi connectivity index (χ3n) is 5.63. The van der Waals surface area contributed by atoms with Crippen molar-refractivity contribution < 1.29 is 9.72 Å². The first kappa shape index (κ1) is 20.3. The van der Waals surface area contributed by atoms with Gasteiger partial charge in [0.1, 0.15) is 5.69 Å². The molecule has 0 spiro atoms. The van der Waals surface area contributed by atoms with Gasteiger partial charge in [-0.25, -0.2) is 9.78 Å². The number of aryl methyl sites for hydroxylation is 2. The second-order valence-corrected chi connectivity index (χ2v) is 8.11. The quantitative estimate of drug-likeness (QED) is 0.501. The number of hydrogen-bond donors (Lipinski definition) is 2. The maximum atomic E-state index is 13.3. The number of morpholine rings is 1. The van der Waals surface area contributed by atoms with E-state index in [-0.39, 0.29) is 17.7 Å². The second kappa shape index (κ2) is 8.18. The number of nitrogens with two attached hydrogens (primary N) is 1. The van der Waals surface area contributed by atoms with E-state index in [0.717, 1.165) is 40.3 Å². The highest BCUT2D eigenvalue weighted by Gasteiger charge is 2.27. The number of nitrogen functional groups attached to an aromatic ring is 1. The fraction of sp³-hybridized carbons (Fsp3) is 0.304. The summed E-state index contributed by atoms with van der Waals surface area (Å²) in [5.74, 6) is 0.231. The van der Waals surface area contributed by atoms with Gasteiger partial charge in [-0.05, 0) is 31.5 Å². The number of aromatic amines is 1. The molecule has 1 saturated heterocycles. The molecule has 1 aliphatic rings. The summed E-state index contributed by atoms with van der Waals surface area (Å²) >= 11 is 0. The molecule has 0 amide bonds. The summed E-state index contributed by atoms with van der Waals surface area (Å²) in [5, 5.41) is 8.11. The van der Waals surface area contributed by atoms with Gasteiger partial charge in [0.25, 0.3) is 0 Å².